The van der Waals surface area contributed by atoms with Gasteiger partial charge in [0, 0.05) is 39.1 Å². The number of hydrogen-bond donors (Lipinski definition) is 2. The predicted octanol–water partition coefficient (Wildman–Crippen LogP) is 4.90. The van der Waals surface area contributed by atoms with Crippen LogP contribution in [0.4, 0.5) is 0 Å². The number of carbonyl (C=O) groups is 2. The summed E-state index contributed by atoms with van der Waals surface area (Å²) in [5.74, 6) is -0.241. The van der Waals surface area contributed by atoms with E-state index < -0.39 is 0 Å². The third-order valence-corrected chi connectivity index (χ3v) is 4.87. The number of aromatic nitrogens is 4. The third kappa shape index (κ3) is 5.60. The van der Waals surface area contributed by atoms with Gasteiger partial charge in [-0.1, -0.05) is 0 Å². The van der Waals surface area contributed by atoms with Crippen LogP contribution in [-0.4, -0.2) is 31.5 Å². The summed E-state index contributed by atoms with van der Waals surface area (Å²) in [7, 11) is 0. The van der Waals surface area contributed by atoms with Crippen molar-refractivity contribution >= 4 is 57.9 Å². The molecule has 0 radical (unpaired) electrons. The zero-order valence-corrected chi connectivity index (χ0v) is 18.4. The summed E-state index contributed by atoms with van der Waals surface area (Å²) >= 11 is 0. The number of carbonyl (C=O) groups excluding carboxylic acids is 2. The van der Waals surface area contributed by atoms with Crippen molar-refractivity contribution < 1.29 is 26.7 Å². The fourth-order valence-corrected chi connectivity index (χ4v) is 3.38. The minimum absolute atomic E-state index is 0. The molecule has 162 valence electrons. The van der Waals surface area contributed by atoms with Crippen LogP contribution in [0, 0.1) is 0 Å². The Morgan fingerprint density at radius 3 is 1.18 bits per heavy atom. The fourth-order valence-electron chi connectivity index (χ4n) is 3.38. The molecule has 6 nitrogen and oxygen atoms in total. The summed E-state index contributed by atoms with van der Waals surface area (Å²) in [6, 6.07) is 16.4. The molecule has 0 saturated heterocycles. The zero-order chi connectivity index (χ0) is 21.9. The van der Waals surface area contributed by atoms with Crippen molar-refractivity contribution in [2.24, 2.45) is 0 Å². The van der Waals surface area contributed by atoms with Crippen molar-refractivity contribution in [1.82, 2.24) is 19.9 Å². The minimum atomic E-state index is -0.121. The van der Waals surface area contributed by atoms with E-state index in [2.05, 4.69) is 50.3 Å². The number of nitrogens with zero attached hydrogens (tertiary/aromatic N) is 2. The number of rotatable bonds is 0. The maximum atomic E-state index is 10.3. The first kappa shape index (κ1) is 22.1. The maximum Gasteiger partial charge on any atom is 0.178 e. The quantitative estimate of drug-likeness (QED) is 0.247. The van der Waals surface area contributed by atoms with E-state index >= 15 is 0 Å². The molecular weight excluding hydrogens is 456 g/mol. The van der Waals surface area contributed by atoms with Gasteiger partial charge in [-0.2, -0.15) is 0 Å². The van der Waals surface area contributed by atoms with E-state index in [1.54, 1.807) is 0 Å². The molecule has 3 aromatic rings. The smallest absolute Gasteiger partial charge is 0.178 e. The Balaban J connectivity index is 0.000000247. The number of fused-ring (bicyclic) bond motifs is 8. The second-order valence-corrected chi connectivity index (χ2v) is 7.38. The van der Waals surface area contributed by atoms with Crippen LogP contribution in [0.2, 0.25) is 0 Å². The Morgan fingerprint density at radius 2 is 0.788 bits per heavy atom. The number of aromatic amines is 2. The standard InChI is InChI=1S/C20H14N4.C6H4O2.Fe/c1-2-14-10-16-5-6-18(23-16)12-20-8-7-19(24-20)11-17-4-3-15(22-17)9-13(1)21-14;7-5-1-2-6(8)4-3-5;/h1-12,21-22H;1-4H;. The summed E-state index contributed by atoms with van der Waals surface area (Å²) < 4.78 is 0. The molecule has 33 heavy (non-hydrogen) atoms. The Hall–Kier alpha value is -4.06. The molecule has 1 aliphatic carbocycles. The molecule has 7 heteroatoms. The van der Waals surface area contributed by atoms with Crippen LogP contribution in [0.25, 0.3) is 46.4 Å². The van der Waals surface area contributed by atoms with Gasteiger partial charge in [-0.25, -0.2) is 9.97 Å². The van der Waals surface area contributed by atoms with Crippen molar-refractivity contribution in [3.05, 3.63) is 95.6 Å². The van der Waals surface area contributed by atoms with Gasteiger partial charge in [0.1, 0.15) is 0 Å². The molecule has 8 bridgehead atoms. The van der Waals surface area contributed by atoms with Crippen LogP contribution < -0.4 is 0 Å². The molecule has 6 rings (SSSR count). The third-order valence-electron chi connectivity index (χ3n) is 4.87. The molecule has 0 fully saturated rings. The normalized spacial score (nSPS) is 13.5. The maximum absolute atomic E-state index is 10.3. The van der Waals surface area contributed by atoms with Crippen LogP contribution in [0.1, 0.15) is 22.8 Å². The first-order chi connectivity index (χ1) is 15.6. The van der Waals surface area contributed by atoms with E-state index in [4.69, 9.17) is 0 Å². The van der Waals surface area contributed by atoms with Crippen LogP contribution in [-0.2, 0) is 26.7 Å². The second-order valence-electron chi connectivity index (χ2n) is 7.38. The zero-order valence-electron chi connectivity index (χ0n) is 17.3. The molecule has 2 N–H and O–H groups in total. The largest absolute Gasteiger partial charge is 0.355 e. The van der Waals surface area contributed by atoms with Gasteiger partial charge in [0.05, 0.1) is 22.8 Å². The van der Waals surface area contributed by atoms with Crippen molar-refractivity contribution in [1.29, 1.82) is 0 Å². The van der Waals surface area contributed by atoms with Crippen molar-refractivity contribution in [2.45, 2.75) is 0 Å². The molecule has 0 atom stereocenters. The molecular formula is C26H18FeN4O2. The number of allylic oxidation sites excluding steroid dienone is 4. The number of nitrogens with one attached hydrogen (secondary N) is 2. The molecule has 3 aromatic heterocycles. The molecule has 0 saturated carbocycles. The van der Waals surface area contributed by atoms with Gasteiger partial charge in [0.25, 0.3) is 0 Å². The van der Waals surface area contributed by atoms with E-state index in [-0.39, 0.29) is 28.6 Å². The van der Waals surface area contributed by atoms with Gasteiger partial charge in [-0.05, 0) is 97.1 Å². The van der Waals surface area contributed by atoms with Gasteiger partial charge in [-0.15, -0.1) is 0 Å². The van der Waals surface area contributed by atoms with Gasteiger partial charge in [0.15, 0.2) is 11.6 Å². The molecule has 2 aliphatic heterocycles. The molecule has 0 aromatic carbocycles. The molecule has 0 amide bonds. The Kier molecular flexibility index (Phi) is 6.45. The average molecular weight is 474 g/mol. The summed E-state index contributed by atoms with van der Waals surface area (Å²) in [6.07, 6.45) is 13.1. The van der Waals surface area contributed by atoms with E-state index in [0.29, 0.717) is 0 Å². The molecule has 3 aliphatic rings. The fraction of sp³-hybridized carbons (Fsp3) is 0. The Morgan fingerprint density at radius 1 is 0.455 bits per heavy atom. The van der Waals surface area contributed by atoms with Crippen LogP contribution in [0.5, 0.6) is 0 Å². The van der Waals surface area contributed by atoms with Gasteiger partial charge >= 0.3 is 0 Å². The monoisotopic (exact) mass is 474 g/mol. The average Bonchev–Trinajstić information content (AvgIpc) is 3.57. The summed E-state index contributed by atoms with van der Waals surface area (Å²) in [5.41, 5.74) is 7.86. The molecule has 0 unspecified atom stereocenters. The van der Waals surface area contributed by atoms with Crippen LogP contribution >= 0.6 is 0 Å². The van der Waals surface area contributed by atoms with E-state index in [1.807, 2.05) is 42.5 Å². The molecule has 0 spiro atoms. The Labute approximate surface area is 200 Å². The van der Waals surface area contributed by atoms with Crippen molar-refractivity contribution in [3.63, 3.8) is 0 Å². The predicted molar refractivity (Wildman–Crippen MR) is 127 cm³/mol. The number of hydrogen-bond acceptors (Lipinski definition) is 4. The van der Waals surface area contributed by atoms with E-state index in [0.717, 1.165) is 44.8 Å². The first-order valence-corrected chi connectivity index (χ1v) is 10.1. The first-order valence-electron chi connectivity index (χ1n) is 10.1. The van der Waals surface area contributed by atoms with Crippen LogP contribution in [0.3, 0.4) is 0 Å². The number of ketones is 2. The topological polar surface area (TPSA) is 91.5 Å². The van der Waals surface area contributed by atoms with Gasteiger partial charge in [0.2, 0.25) is 0 Å². The summed E-state index contributed by atoms with van der Waals surface area (Å²) in [4.78, 5) is 36.6. The molecule has 5 heterocycles. The minimum Gasteiger partial charge on any atom is -0.355 e. The summed E-state index contributed by atoms with van der Waals surface area (Å²) in [5, 5.41) is 0. The summed E-state index contributed by atoms with van der Waals surface area (Å²) in [6.45, 7) is 0. The SMILES string of the molecule is C1=Cc2cc3ccc(cc4ccc(cc5nc(cc1n2)C=C5)[nH]4)[nH]3.O=C1C=CC(=O)C=C1.[Fe]. The number of H-pyrrole nitrogens is 2. The van der Waals surface area contributed by atoms with Crippen molar-refractivity contribution in [2.75, 3.05) is 0 Å². The van der Waals surface area contributed by atoms with Gasteiger partial charge in [-0.3, -0.25) is 9.59 Å². The van der Waals surface area contributed by atoms with Gasteiger partial charge < -0.3 is 9.97 Å². The van der Waals surface area contributed by atoms with E-state index in [1.165, 1.54) is 24.3 Å². The van der Waals surface area contributed by atoms with E-state index in [9.17, 15) is 9.59 Å². The Bertz CT molecular complexity index is 1390. The van der Waals surface area contributed by atoms with Crippen LogP contribution in [0.15, 0.2) is 72.8 Å². The van der Waals surface area contributed by atoms with Crippen molar-refractivity contribution in [3.8, 4) is 0 Å². The second kappa shape index (κ2) is 9.61.